The van der Waals surface area contributed by atoms with Crippen molar-refractivity contribution in [1.82, 2.24) is 14.6 Å². The number of ether oxygens (including phenoxy) is 2. The number of aliphatic hydroxyl groups excluding tert-OH is 1. The standard InChI is InChI=1S/C27H34N4O8S2/c1-18-4-2-7-23-25(18)30-15-24(26(23)33)41(36,37)31-10-8-27(9-11-31)13-19(16-39-27)29-14-20(32)17-38-21-5-3-6-22(12-21)40(28,34)35/h2-7,12,15,19-20,29,32H,8-11,13-14,16-17H2,1H3,(H,30,33)(H2,28,34,35)/t19-,20?/m1/s1. The van der Waals surface area contributed by atoms with Gasteiger partial charge in [0.25, 0.3) is 0 Å². The number of benzene rings is 2. The van der Waals surface area contributed by atoms with Gasteiger partial charge < -0.3 is 24.9 Å². The van der Waals surface area contributed by atoms with E-state index in [4.69, 9.17) is 14.6 Å². The molecule has 0 radical (unpaired) electrons. The SMILES string of the molecule is Cc1cccc2c(=O)c(S(=O)(=O)N3CCC4(CC3)C[C@@H](NCC(O)COc3cccc(S(N)(=O)=O)c3)CO4)c[nH]c12. The van der Waals surface area contributed by atoms with E-state index in [1.807, 2.05) is 13.0 Å². The molecule has 0 bridgehead atoms. The zero-order valence-corrected chi connectivity index (χ0v) is 24.2. The Kier molecular flexibility index (Phi) is 8.27. The Morgan fingerprint density at radius 2 is 1.93 bits per heavy atom. The summed E-state index contributed by atoms with van der Waals surface area (Å²) in [6.45, 7) is 2.90. The number of aryl methyl sites for hydroxylation is 1. The summed E-state index contributed by atoms with van der Waals surface area (Å²) in [6.07, 6.45) is 2.05. The van der Waals surface area contributed by atoms with E-state index in [0.29, 0.717) is 36.8 Å². The van der Waals surface area contributed by atoms with Crippen molar-refractivity contribution in [2.45, 2.75) is 53.7 Å². The predicted octanol–water partition coefficient (Wildman–Crippen LogP) is 0.826. The Bertz CT molecular complexity index is 1700. The molecule has 3 aromatic rings. The molecule has 2 aromatic carbocycles. The minimum absolute atomic E-state index is 0.0370. The maximum absolute atomic E-state index is 13.4. The van der Waals surface area contributed by atoms with Crippen molar-refractivity contribution in [2.75, 3.05) is 32.8 Å². The van der Waals surface area contributed by atoms with Crippen molar-refractivity contribution in [3.05, 3.63) is 64.4 Å². The number of hydrogen-bond donors (Lipinski definition) is 4. The number of para-hydroxylation sites is 1. The summed E-state index contributed by atoms with van der Waals surface area (Å²) in [4.78, 5) is 15.7. The van der Waals surface area contributed by atoms with Gasteiger partial charge in [0.15, 0.2) is 0 Å². The van der Waals surface area contributed by atoms with Crippen molar-refractivity contribution in [2.24, 2.45) is 5.14 Å². The maximum Gasteiger partial charge on any atom is 0.248 e. The van der Waals surface area contributed by atoms with Gasteiger partial charge in [0.1, 0.15) is 23.4 Å². The highest BCUT2D eigenvalue weighted by atomic mass is 32.2. The first-order valence-corrected chi connectivity index (χ1v) is 16.3. The first-order chi connectivity index (χ1) is 19.4. The maximum atomic E-state index is 13.4. The van der Waals surface area contributed by atoms with Gasteiger partial charge in [-0.1, -0.05) is 18.2 Å². The lowest BCUT2D eigenvalue weighted by atomic mass is 9.88. The van der Waals surface area contributed by atoms with Gasteiger partial charge >= 0.3 is 0 Å². The van der Waals surface area contributed by atoms with Crippen LogP contribution < -0.4 is 20.6 Å². The lowest BCUT2D eigenvalue weighted by molar-refractivity contribution is -0.0312. The summed E-state index contributed by atoms with van der Waals surface area (Å²) in [5, 5.41) is 19.1. The van der Waals surface area contributed by atoms with Gasteiger partial charge in [-0.25, -0.2) is 22.0 Å². The molecule has 5 N–H and O–H groups in total. The lowest BCUT2D eigenvalue weighted by Gasteiger charge is -2.37. The second kappa shape index (κ2) is 11.4. The topological polar surface area (TPSA) is 181 Å². The fourth-order valence-electron chi connectivity index (χ4n) is 5.47. The number of aromatic nitrogens is 1. The zero-order chi connectivity index (χ0) is 29.4. The number of pyridine rings is 1. The molecule has 0 saturated carbocycles. The second-order valence-corrected chi connectivity index (χ2v) is 14.1. The number of rotatable bonds is 9. The van der Waals surface area contributed by atoms with Crippen LogP contribution in [0.15, 0.2) is 63.2 Å². The summed E-state index contributed by atoms with van der Waals surface area (Å²) >= 11 is 0. The number of piperidine rings is 1. The van der Waals surface area contributed by atoms with Gasteiger partial charge in [0.05, 0.1) is 22.6 Å². The van der Waals surface area contributed by atoms with Crippen molar-refractivity contribution in [3.63, 3.8) is 0 Å². The molecule has 12 nitrogen and oxygen atoms in total. The van der Waals surface area contributed by atoms with E-state index >= 15 is 0 Å². The molecule has 3 heterocycles. The molecule has 2 atom stereocenters. The number of aliphatic hydroxyl groups is 1. The number of sulfonamides is 2. The van der Waals surface area contributed by atoms with Crippen molar-refractivity contribution >= 4 is 30.9 Å². The number of nitrogens with zero attached hydrogens (tertiary/aromatic N) is 1. The Hall–Kier alpha value is -2.85. The Morgan fingerprint density at radius 3 is 2.66 bits per heavy atom. The second-order valence-electron chi connectivity index (χ2n) is 10.7. The fourth-order valence-corrected chi connectivity index (χ4v) is 7.51. The number of H-pyrrole nitrogens is 1. The molecule has 2 fully saturated rings. The minimum atomic E-state index is -3.99. The Labute approximate surface area is 238 Å². The Morgan fingerprint density at radius 1 is 1.20 bits per heavy atom. The summed E-state index contributed by atoms with van der Waals surface area (Å²) in [5.74, 6) is 0.279. The summed E-state index contributed by atoms with van der Waals surface area (Å²) in [6, 6.07) is 10.9. The Balaban J connectivity index is 1.13. The van der Waals surface area contributed by atoms with Crippen LogP contribution in [0, 0.1) is 6.92 Å². The zero-order valence-electron chi connectivity index (χ0n) is 22.6. The highest BCUT2D eigenvalue weighted by Gasteiger charge is 2.45. The van der Waals surface area contributed by atoms with E-state index in [9.17, 15) is 26.7 Å². The minimum Gasteiger partial charge on any atom is -0.491 e. The van der Waals surface area contributed by atoms with Crippen molar-refractivity contribution in [3.8, 4) is 5.75 Å². The van der Waals surface area contributed by atoms with E-state index in [-0.39, 0.29) is 47.8 Å². The molecule has 222 valence electrons. The van der Waals surface area contributed by atoms with E-state index in [0.717, 1.165) is 5.56 Å². The van der Waals surface area contributed by atoms with Crippen molar-refractivity contribution in [1.29, 1.82) is 0 Å². The van der Waals surface area contributed by atoms with E-state index in [2.05, 4.69) is 10.3 Å². The highest BCUT2D eigenvalue weighted by Crippen LogP contribution is 2.37. The van der Waals surface area contributed by atoms with Gasteiger partial charge in [-0.05, 0) is 49.9 Å². The van der Waals surface area contributed by atoms with E-state index in [1.54, 1.807) is 18.2 Å². The van der Waals surface area contributed by atoms with Gasteiger partial charge in [-0.15, -0.1) is 0 Å². The first-order valence-electron chi connectivity index (χ1n) is 13.3. The van der Waals surface area contributed by atoms with Crippen LogP contribution in [0.1, 0.15) is 24.8 Å². The summed E-state index contributed by atoms with van der Waals surface area (Å²) in [7, 11) is -7.84. The molecular formula is C27H34N4O8S2. The van der Waals surface area contributed by atoms with Gasteiger partial charge in [-0.2, -0.15) is 4.31 Å². The van der Waals surface area contributed by atoms with Gasteiger partial charge in [0.2, 0.25) is 25.5 Å². The van der Waals surface area contributed by atoms with Crippen molar-refractivity contribution < 1.29 is 31.4 Å². The smallest absolute Gasteiger partial charge is 0.248 e. The number of fused-ring (bicyclic) bond motifs is 1. The molecule has 1 aromatic heterocycles. The third-order valence-electron chi connectivity index (χ3n) is 7.77. The van der Waals surface area contributed by atoms with Crippen LogP contribution in [0.3, 0.4) is 0 Å². The van der Waals surface area contributed by atoms with Crippen LogP contribution in [0.5, 0.6) is 5.75 Å². The predicted molar refractivity (Wildman–Crippen MR) is 152 cm³/mol. The molecule has 0 amide bonds. The van der Waals surface area contributed by atoms with Gasteiger partial charge in [-0.3, -0.25) is 4.79 Å². The quantitative estimate of drug-likeness (QED) is 0.274. The normalized spacial score (nSPS) is 20.4. The number of nitrogens with one attached hydrogen (secondary N) is 2. The van der Waals surface area contributed by atoms with Crippen LogP contribution in [-0.4, -0.2) is 81.8 Å². The number of nitrogens with two attached hydrogens (primary N) is 1. The largest absolute Gasteiger partial charge is 0.491 e. The summed E-state index contributed by atoms with van der Waals surface area (Å²) in [5.41, 5.74) is 0.496. The third kappa shape index (κ3) is 6.33. The molecule has 41 heavy (non-hydrogen) atoms. The summed E-state index contributed by atoms with van der Waals surface area (Å²) < 4.78 is 62.8. The fraction of sp³-hybridized carbons (Fsp3) is 0.444. The average Bonchev–Trinajstić information content (AvgIpc) is 3.33. The molecule has 2 aliphatic heterocycles. The molecule has 1 spiro atoms. The van der Waals surface area contributed by atoms with E-state index in [1.165, 1.54) is 28.7 Å². The van der Waals surface area contributed by atoms with Crippen LogP contribution in [-0.2, 0) is 24.8 Å². The van der Waals surface area contributed by atoms with Crippen LogP contribution >= 0.6 is 0 Å². The van der Waals surface area contributed by atoms with Crippen LogP contribution in [0.4, 0.5) is 0 Å². The first kappa shape index (κ1) is 29.6. The number of hydrogen-bond acceptors (Lipinski definition) is 9. The van der Waals surface area contributed by atoms with Gasteiger partial charge in [0, 0.05) is 43.3 Å². The molecule has 5 rings (SSSR count). The average molecular weight is 607 g/mol. The number of primary sulfonamides is 1. The molecular weight excluding hydrogens is 572 g/mol. The molecule has 0 aliphatic carbocycles. The number of aromatic amines is 1. The third-order valence-corrected chi connectivity index (χ3v) is 10.6. The molecule has 2 aliphatic rings. The molecule has 2 saturated heterocycles. The van der Waals surface area contributed by atoms with Crippen LogP contribution in [0.25, 0.3) is 10.9 Å². The van der Waals surface area contributed by atoms with E-state index < -0.39 is 37.2 Å². The monoisotopic (exact) mass is 606 g/mol. The highest BCUT2D eigenvalue weighted by molar-refractivity contribution is 7.89. The van der Waals surface area contributed by atoms with Crippen LogP contribution in [0.2, 0.25) is 0 Å². The lowest BCUT2D eigenvalue weighted by Crippen LogP contribution is -2.47. The molecule has 14 heteroatoms. The molecule has 1 unspecified atom stereocenters.